The molecule has 3 nitrogen and oxygen atoms in total. The van der Waals surface area contributed by atoms with Crippen LogP contribution in [0.2, 0.25) is 0 Å². The minimum Gasteiger partial charge on any atom is -0.453 e. The Hall–Kier alpha value is -1.56. The fraction of sp³-hybridized carbons (Fsp3) is 0.562. The van der Waals surface area contributed by atoms with Crippen LogP contribution in [0.15, 0.2) is 30.3 Å². The molecule has 124 valence electrons. The molecule has 22 heavy (non-hydrogen) atoms. The largest absolute Gasteiger partial charge is 0.453 e. The van der Waals surface area contributed by atoms with Crippen LogP contribution in [0.1, 0.15) is 38.2 Å². The molecule has 0 heterocycles. The predicted octanol–water partition coefficient (Wildman–Crippen LogP) is 4.26. The number of benzene rings is 1. The number of alkyl halides is 3. The maximum Gasteiger partial charge on any atom is 0.425 e. The van der Waals surface area contributed by atoms with E-state index in [0.29, 0.717) is 32.5 Å². The molecular weight excluding hydrogens is 297 g/mol. The number of halogens is 3. The van der Waals surface area contributed by atoms with Crippen LogP contribution in [0, 0.1) is 0 Å². The van der Waals surface area contributed by atoms with Crippen LogP contribution in [0.25, 0.3) is 0 Å². The molecule has 0 spiro atoms. The average Bonchev–Trinajstić information content (AvgIpc) is 2.44. The smallest absolute Gasteiger partial charge is 0.425 e. The summed E-state index contributed by atoms with van der Waals surface area (Å²) in [5.41, 5.74) is 1.06. The minimum atomic E-state index is -4.50. The van der Waals surface area contributed by atoms with Gasteiger partial charge in [0.15, 0.2) is 6.10 Å². The summed E-state index contributed by atoms with van der Waals surface area (Å²) in [4.78, 5) is 10.7. The lowest BCUT2D eigenvalue weighted by molar-refractivity contribution is -0.221. The molecular formula is C16H21F3O3. The summed E-state index contributed by atoms with van der Waals surface area (Å²) in [5.74, 6) is -0.909. The fourth-order valence-electron chi connectivity index (χ4n) is 1.96. The molecule has 1 atom stereocenters. The van der Waals surface area contributed by atoms with Gasteiger partial charge in [-0.15, -0.1) is 0 Å². The summed E-state index contributed by atoms with van der Waals surface area (Å²) in [5, 5.41) is 0. The van der Waals surface area contributed by atoms with Crippen molar-refractivity contribution >= 4 is 5.97 Å². The Morgan fingerprint density at radius 3 is 2.41 bits per heavy atom. The first kappa shape index (κ1) is 18.5. The van der Waals surface area contributed by atoms with Gasteiger partial charge in [0, 0.05) is 13.5 Å². The average molecular weight is 318 g/mol. The maximum atomic E-state index is 12.6. The number of ether oxygens (including phenoxy) is 2. The third kappa shape index (κ3) is 8.02. The van der Waals surface area contributed by atoms with Crippen LogP contribution in [0.3, 0.4) is 0 Å². The third-order valence-electron chi connectivity index (χ3n) is 3.04. The number of rotatable bonds is 9. The number of carbonyl (C=O) groups excluding carboxylic acids is 1. The quantitative estimate of drug-likeness (QED) is 0.504. The number of esters is 1. The Kier molecular flexibility index (Phi) is 7.95. The van der Waals surface area contributed by atoms with Gasteiger partial charge in [0.05, 0.1) is 6.61 Å². The van der Waals surface area contributed by atoms with Gasteiger partial charge in [0.1, 0.15) is 0 Å². The molecule has 0 radical (unpaired) electrons. The Bertz CT molecular complexity index is 432. The van der Waals surface area contributed by atoms with Crippen molar-refractivity contribution in [3.05, 3.63) is 35.9 Å². The first-order chi connectivity index (χ1) is 10.4. The zero-order chi connectivity index (χ0) is 16.4. The van der Waals surface area contributed by atoms with Crippen LogP contribution in [-0.2, 0) is 20.9 Å². The van der Waals surface area contributed by atoms with Crippen LogP contribution >= 0.6 is 0 Å². The molecule has 0 saturated carbocycles. The maximum absolute atomic E-state index is 12.6. The van der Waals surface area contributed by atoms with Crippen molar-refractivity contribution in [1.29, 1.82) is 0 Å². The first-order valence-corrected chi connectivity index (χ1v) is 7.25. The molecule has 0 fully saturated rings. The van der Waals surface area contributed by atoms with Crippen molar-refractivity contribution in [3.63, 3.8) is 0 Å². The molecule has 0 amide bonds. The molecule has 0 N–H and O–H groups in total. The van der Waals surface area contributed by atoms with E-state index in [2.05, 4.69) is 4.74 Å². The molecule has 1 rings (SSSR count). The number of hydrogen-bond acceptors (Lipinski definition) is 3. The van der Waals surface area contributed by atoms with Gasteiger partial charge in [0.25, 0.3) is 0 Å². The van der Waals surface area contributed by atoms with Gasteiger partial charge >= 0.3 is 12.1 Å². The molecule has 0 saturated heterocycles. The highest BCUT2D eigenvalue weighted by atomic mass is 19.4. The van der Waals surface area contributed by atoms with Crippen molar-refractivity contribution in [3.8, 4) is 0 Å². The van der Waals surface area contributed by atoms with E-state index >= 15 is 0 Å². The van der Waals surface area contributed by atoms with Gasteiger partial charge in [0.2, 0.25) is 0 Å². The number of carbonyl (C=O) groups is 1. The van der Waals surface area contributed by atoms with E-state index < -0.39 is 18.2 Å². The first-order valence-electron chi connectivity index (χ1n) is 7.25. The predicted molar refractivity (Wildman–Crippen MR) is 76.2 cm³/mol. The standard InChI is InChI=1S/C16H21F3O3/c1-13(20)22-15(16(17,18)19)10-6-3-7-11-21-12-14-8-4-2-5-9-14/h2,4-5,8-9,15H,3,6-7,10-12H2,1H3. The van der Waals surface area contributed by atoms with Crippen LogP contribution in [-0.4, -0.2) is 24.9 Å². The SMILES string of the molecule is CC(=O)OC(CCCCCOCc1ccccc1)C(F)(F)F. The van der Waals surface area contributed by atoms with Gasteiger partial charge in [-0.25, -0.2) is 0 Å². The highest BCUT2D eigenvalue weighted by molar-refractivity contribution is 5.66. The summed E-state index contributed by atoms with van der Waals surface area (Å²) in [7, 11) is 0. The van der Waals surface area contributed by atoms with Crippen molar-refractivity contribution in [1.82, 2.24) is 0 Å². The monoisotopic (exact) mass is 318 g/mol. The van der Waals surface area contributed by atoms with E-state index in [1.165, 1.54) is 0 Å². The highest BCUT2D eigenvalue weighted by Crippen LogP contribution is 2.27. The summed E-state index contributed by atoms with van der Waals surface area (Å²) < 4.78 is 47.5. The second-order valence-corrected chi connectivity index (χ2v) is 5.03. The zero-order valence-corrected chi connectivity index (χ0v) is 12.6. The zero-order valence-electron chi connectivity index (χ0n) is 12.6. The topological polar surface area (TPSA) is 35.5 Å². The van der Waals surface area contributed by atoms with Crippen molar-refractivity contribution in [2.24, 2.45) is 0 Å². The van der Waals surface area contributed by atoms with Gasteiger partial charge in [-0.1, -0.05) is 36.8 Å². The highest BCUT2D eigenvalue weighted by Gasteiger charge is 2.41. The van der Waals surface area contributed by atoms with E-state index in [4.69, 9.17) is 4.74 Å². The molecule has 1 unspecified atom stereocenters. The Morgan fingerprint density at radius 2 is 1.82 bits per heavy atom. The lowest BCUT2D eigenvalue weighted by atomic mass is 10.1. The van der Waals surface area contributed by atoms with Gasteiger partial charge in [-0.2, -0.15) is 13.2 Å². The number of hydrogen-bond donors (Lipinski definition) is 0. The summed E-state index contributed by atoms with van der Waals surface area (Å²) in [6, 6.07) is 9.67. The van der Waals surface area contributed by atoms with E-state index in [-0.39, 0.29) is 6.42 Å². The molecule has 1 aromatic carbocycles. The molecule has 0 bridgehead atoms. The lowest BCUT2D eigenvalue weighted by Gasteiger charge is -2.19. The molecule has 0 aliphatic carbocycles. The van der Waals surface area contributed by atoms with Crippen molar-refractivity contribution in [2.75, 3.05) is 6.61 Å². The van der Waals surface area contributed by atoms with Gasteiger partial charge < -0.3 is 9.47 Å². The van der Waals surface area contributed by atoms with Crippen molar-refractivity contribution < 1.29 is 27.4 Å². The Morgan fingerprint density at radius 1 is 1.14 bits per heavy atom. The van der Waals surface area contributed by atoms with Crippen molar-refractivity contribution in [2.45, 2.75) is 51.5 Å². The third-order valence-corrected chi connectivity index (χ3v) is 3.04. The Labute approximate surface area is 128 Å². The number of unbranched alkanes of at least 4 members (excludes halogenated alkanes) is 2. The van der Waals surface area contributed by atoms with Crippen LogP contribution < -0.4 is 0 Å². The van der Waals surface area contributed by atoms with Crippen LogP contribution in [0.4, 0.5) is 13.2 Å². The van der Waals surface area contributed by atoms with E-state index in [1.54, 1.807) is 0 Å². The molecule has 0 aliphatic heterocycles. The van der Waals surface area contributed by atoms with E-state index in [0.717, 1.165) is 12.5 Å². The normalized spacial score (nSPS) is 12.9. The van der Waals surface area contributed by atoms with Gasteiger partial charge in [-0.3, -0.25) is 4.79 Å². The molecule has 1 aromatic rings. The molecule has 0 aromatic heterocycles. The summed E-state index contributed by atoms with van der Waals surface area (Å²) in [6.45, 7) is 1.98. The summed E-state index contributed by atoms with van der Waals surface area (Å²) in [6.07, 6.45) is -5.10. The lowest BCUT2D eigenvalue weighted by Crippen LogP contribution is -2.33. The molecule has 6 heteroatoms. The second kappa shape index (κ2) is 9.46. The molecule has 0 aliphatic rings. The van der Waals surface area contributed by atoms with E-state index in [9.17, 15) is 18.0 Å². The van der Waals surface area contributed by atoms with Gasteiger partial charge in [-0.05, 0) is 24.8 Å². The summed E-state index contributed by atoms with van der Waals surface area (Å²) >= 11 is 0. The van der Waals surface area contributed by atoms with Crippen LogP contribution in [0.5, 0.6) is 0 Å². The Balaban J connectivity index is 2.12. The minimum absolute atomic E-state index is 0.207. The fourth-order valence-corrected chi connectivity index (χ4v) is 1.96. The second-order valence-electron chi connectivity index (χ2n) is 5.03. The van der Waals surface area contributed by atoms with E-state index in [1.807, 2.05) is 30.3 Å².